The topological polar surface area (TPSA) is 61.8 Å². The highest BCUT2D eigenvalue weighted by atomic mass is 16.5. The van der Waals surface area contributed by atoms with Crippen LogP contribution in [0.15, 0.2) is 35.9 Å². The van der Waals surface area contributed by atoms with E-state index in [-0.39, 0.29) is 18.5 Å². The van der Waals surface area contributed by atoms with Crippen molar-refractivity contribution in [1.29, 1.82) is 0 Å². The quantitative estimate of drug-likeness (QED) is 0.631. The molecule has 5 nitrogen and oxygen atoms in total. The van der Waals surface area contributed by atoms with E-state index >= 15 is 0 Å². The van der Waals surface area contributed by atoms with Crippen LogP contribution >= 0.6 is 0 Å². The molecule has 0 saturated heterocycles. The van der Waals surface area contributed by atoms with Crippen LogP contribution in [0.25, 0.3) is 0 Å². The van der Waals surface area contributed by atoms with E-state index in [1.54, 1.807) is 13.8 Å². The van der Waals surface area contributed by atoms with Crippen molar-refractivity contribution in [1.82, 2.24) is 0 Å². The molecule has 22 heavy (non-hydrogen) atoms. The number of rotatable bonds is 4. The number of hydrogen-bond acceptors (Lipinski definition) is 5. The van der Waals surface area contributed by atoms with Gasteiger partial charge >= 0.3 is 11.9 Å². The zero-order valence-corrected chi connectivity index (χ0v) is 13.0. The predicted octanol–water partition coefficient (Wildman–Crippen LogP) is 2.46. The first-order valence-corrected chi connectivity index (χ1v) is 7.25. The molecule has 1 aliphatic heterocycles. The van der Waals surface area contributed by atoms with Gasteiger partial charge < -0.3 is 14.2 Å². The Morgan fingerprint density at radius 1 is 1.41 bits per heavy atom. The standard InChI is InChI=1S/C17H20O5/c1-4-21-15(18)9-12-10-22-14-8-6-5-7-13(14)16(12)11(2)17(19)20-3/h5-9,11,16H,4,10H2,1-3H3/b12-9+. The highest BCUT2D eigenvalue weighted by Gasteiger charge is 2.34. The second-order valence-electron chi connectivity index (χ2n) is 5.09. The van der Waals surface area contributed by atoms with Gasteiger partial charge in [0.15, 0.2) is 0 Å². The van der Waals surface area contributed by atoms with Gasteiger partial charge in [-0.15, -0.1) is 0 Å². The van der Waals surface area contributed by atoms with E-state index in [1.807, 2.05) is 24.3 Å². The van der Waals surface area contributed by atoms with Gasteiger partial charge in [-0.2, -0.15) is 0 Å². The van der Waals surface area contributed by atoms with E-state index in [1.165, 1.54) is 13.2 Å². The summed E-state index contributed by atoms with van der Waals surface area (Å²) in [5, 5.41) is 0. The van der Waals surface area contributed by atoms with Crippen molar-refractivity contribution < 1.29 is 23.8 Å². The summed E-state index contributed by atoms with van der Waals surface area (Å²) in [6, 6.07) is 7.51. The van der Waals surface area contributed by atoms with Crippen LogP contribution in [0, 0.1) is 5.92 Å². The molecule has 0 radical (unpaired) electrons. The van der Waals surface area contributed by atoms with E-state index < -0.39 is 11.9 Å². The molecule has 5 heteroatoms. The Morgan fingerprint density at radius 2 is 2.14 bits per heavy atom. The van der Waals surface area contributed by atoms with Crippen LogP contribution in [0.4, 0.5) is 0 Å². The molecule has 1 heterocycles. The fourth-order valence-electron chi connectivity index (χ4n) is 2.70. The summed E-state index contributed by atoms with van der Waals surface area (Å²) in [7, 11) is 1.36. The number of para-hydroxylation sites is 1. The zero-order valence-electron chi connectivity index (χ0n) is 13.0. The summed E-state index contributed by atoms with van der Waals surface area (Å²) in [5.74, 6) is -0.708. The van der Waals surface area contributed by atoms with Crippen LogP contribution in [0.5, 0.6) is 5.75 Å². The lowest BCUT2D eigenvalue weighted by molar-refractivity contribution is -0.145. The van der Waals surface area contributed by atoms with Crippen LogP contribution in [0.2, 0.25) is 0 Å². The normalized spacial score (nSPS) is 19.8. The van der Waals surface area contributed by atoms with E-state index in [2.05, 4.69) is 0 Å². The summed E-state index contributed by atoms with van der Waals surface area (Å²) >= 11 is 0. The average Bonchev–Trinajstić information content (AvgIpc) is 2.53. The molecule has 2 unspecified atom stereocenters. The van der Waals surface area contributed by atoms with E-state index in [0.717, 1.165) is 16.9 Å². The van der Waals surface area contributed by atoms with Gasteiger partial charge in [-0.1, -0.05) is 25.1 Å². The van der Waals surface area contributed by atoms with Crippen LogP contribution in [0.1, 0.15) is 25.3 Å². The van der Waals surface area contributed by atoms with Gasteiger partial charge in [-0.25, -0.2) is 4.79 Å². The van der Waals surface area contributed by atoms with Crippen molar-refractivity contribution in [3.05, 3.63) is 41.5 Å². The van der Waals surface area contributed by atoms with Gasteiger partial charge in [0.05, 0.1) is 19.6 Å². The van der Waals surface area contributed by atoms with Crippen molar-refractivity contribution in [3.8, 4) is 5.75 Å². The Bertz CT molecular complexity index is 590. The molecule has 2 atom stereocenters. The summed E-state index contributed by atoms with van der Waals surface area (Å²) in [6.07, 6.45) is 1.42. The Kier molecular flexibility index (Phi) is 5.20. The molecule has 0 N–H and O–H groups in total. The van der Waals surface area contributed by atoms with Crippen molar-refractivity contribution in [2.45, 2.75) is 19.8 Å². The maximum atomic E-state index is 12.0. The zero-order chi connectivity index (χ0) is 16.1. The Morgan fingerprint density at radius 3 is 2.82 bits per heavy atom. The molecular formula is C17H20O5. The minimum Gasteiger partial charge on any atom is -0.489 e. The third kappa shape index (κ3) is 3.30. The van der Waals surface area contributed by atoms with Gasteiger partial charge in [-0.3, -0.25) is 4.79 Å². The lowest BCUT2D eigenvalue weighted by atomic mass is 9.79. The van der Waals surface area contributed by atoms with Gasteiger partial charge in [0.25, 0.3) is 0 Å². The Labute approximate surface area is 129 Å². The Hall–Kier alpha value is -2.30. The number of carbonyl (C=O) groups is 2. The molecule has 1 aromatic rings. The first kappa shape index (κ1) is 16.1. The monoisotopic (exact) mass is 304 g/mol. The molecule has 118 valence electrons. The minimum atomic E-state index is -0.428. The summed E-state index contributed by atoms with van der Waals surface area (Å²) in [4.78, 5) is 23.7. The second kappa shape index (κ2) is 7.11. The van der Waals surface area contributed by atoms with Gasteiger partial charge in [0, 0.05) is 17.6 Å². The SMILES string of the molecule is CCOC(=O)/C=C1\COc2ccccc2C1C(C)C(=O)OC. The molecule has 0 spiro atoms. The number of benzene rings is 1. The molecule has 1 aliphatic rings. The van der Waals surface area contributed by atoms with Gasteiger partial charge in [0.1, 0.15) is 12.4 Å². The van der Waals surface area contributed by atoms with Crippen LogP contribution in [0.3, 0.4) is 0 Å². The molecule has 2 rings (SSSR count). The van der Waals surface area contributed by atoms with E-state index in [4.69, 9.17) is 14.2 Å². The molecule has 0 aliphatic carbocycles. The number of esters is 2. The maximum Gasteiger partial charge on any atom is 0.330 e. The van der Waals surface area contributed by atoms with E-state index in [0.29, 0.717) is 6.61 Å². The molecule has 0 bridgehead atoms. The van der Waals surface area contributed by atoms with Crippen molar-refractivity contribution in [3.63, 3.8) is 0 Å². The highest BCUT2D eigenvalue weighted by molar-refractivity contribution is 5.84. The summed E-state index contributed by atoms with van der Waals surface area (Å²) in [5.41, 5.74) is 1.59. The first-order chi connectivity index (χ1) is 10.6. The molecular weight excluding hydrogens is 284 g/mol. The van der Waals surface area contributed by atoms with Crippen LogP contribution < -0.4 is 4.74 Å². The van der Waals surface area contributed by atoms with Crippen molar-refractivity contribution in [2.75, 3.05) is 20.3 Å². The number of hydrogen-bond donors (Lipinski definition) is 0. The number of ether oxygens (including phenoxy) is 3. The number of fused-ring (bicyclic) bond motifs is 1. The van der Waals surface area contributed by atoms with Crippen LogP contribution in [-0.4, -0.2) is 32.3 Å². The second-order valence-corrected chi connectivity index (χ2v) is 5.09. The molecule has 0 aromatic heterocycles. The third-order valence-corrected chi connectivity index (χ3v) is 3.71. The smallest absolute Gasteiger partial charge is 0.330 e. The summed E-state index contributed by atoms with van der Waals surface area (Å²) in [6.45, 7) is 4.09. The maximum absolute atomic E-state index is 12.0. The third-order valence-electron chi connectivity index (χ3n) is 3.71. The fraction of sp³-hybridized carbons (Fsp3) is 0.412. The van der Waals surface area contributed by atoms with Crippen molar-refractivity contribution in [2.24, 2.45) is 5.92 Å². The lowest BCUT2D eigenvalue weighted by Crippen LogP contribution is -2.28. The number of methoxy groups -OCH3 is 1. The van der Waals surface area contributed by atoms with Gasteiger partial charge in [0.2, 0.25) is 0 Å². The Balaban J connectivity index is 2.42. The lowest BCUT2D eigenvalue weighted by Gasteiger charge is -2.31. The highest BCUT2D eigenvalue weighted by Crippen LogP contribution is 2.41. The van der Waals surface area contributed by atoms with E-state index in [9.17, 15) is 9.59 Å². The number of carbonyl (C=O) groups excluding carboxylic acids is 2. The predicted molar refractivity (Wildman–Crippen MR) is 80.6 cm³/mol. The molecule has 0 saturated carbocycles. The largest absolute Gasteiger partial charge is 0.489 e. The summed E-state index contributed by atoms with van der Waals surface area (Å²) < 4.78 is 15.5. The molecule has 0 amide bonds. The molecule has 0 fully saturated rings. The first-order valence-electron chi connectivity index (χ1n) is 7.25. The van der Waals surface area contributed by atoms with Crippen molar-refractivity contribution >= 4 is 11.9 Å². The van der Waals surface area contributed by atoms with Crippen LogP contribution in [-0.2, 0) is 19.1 Å². The molecule has 1 aromatic carbocycles. The van der Waals surface area contributed by atoms with Gasteiger partial charge in [-0.05, 0) is 18.6 Å². The minimum absolute atomic E-state index is 0.252. The fourth-order valence-corrected chi connectivity index (χ4v) is 2.70. The average molecular weight is 304 g/mol.